The summed E-state index contributed by atoms with van der Waals surface area (Å²) in [6, 6.07) is 7.76. The van der Waals surface area contributed by atoms with Crippen molar-refractivity contribution in [3.63, 3.8) is 0 Å². The van der Waals surface area contributed by atoms with Gasteiger partial charge in [0, 0.05) is 13.1 Å². The van der Waals surface area contributed by atoms with Gasteiger partial charge < -0.3 is 9.64 Å². The van der Waals surface area contributed by atoms with E-state index in [4.69, 9.17) is 4.74 Å². The van der Waals surface area contributed by atoms with Gasteiger partial charge >= 0.3 is 0 Å². The van der Waals surface area contributed by atoms with Crippen LogP contribution in [-0.4, -0.2) is 31.0 Å². The quantitative estimate of drug-likeness (QED) is 0.821. The van der Waals surface area contributed by atoms with E-state index < -0.39 is 0 Å². The minimum atomic E-state index is 0.241. The molecule has 3 nitrogen and oxygen atoms in total. The van der Waals surface area contributed by atoms with E-state index in [1.807, 2.05) is 29.2 Å². The zero-order valence-electron chi connectivity index (χ0n) is 11.0. The monoisotopic (exact) mass is 247 g/mol. The smallest absolute Gasteiger partial charge is 0.226 e. The molecule has 3 heteroatoms. The van der Waals surface area contributed by atoms with E-state index in [0.717, 1.165) is 37.2 Å². The summed E-state index contributed by atoms with van der Waals surface area (Å²) >= 11 is 0. The lowest BCUT2D eigenvalue weighted by Crippen LogP contribution is -2.33. The van der Waals surface area contributed by atoms with Crippen LogP contribution in [-0.2, 0) is 11.2 Å². The Bertz CT molecular complexity index is 395. The second-order valence-electron chi connectivity index (χ2n) is 4.82. The van der Waals surface area contributed by atoms with E-state index in [0.29, 0.717) is 6.42 Å². The zero-order chi connectivity index (χ0) is 12.8. The molecular formula is C15H21NO2. The van der Waals surface area contributed by atoms with Gasteiger partial charge in [-0.2, -0.15) is 0 Å². The van der Waals surface area contributed by atoms with Crippen LogP contribution in [0.5, 0.6) is 5.75 Å². The molecule has 1 aromatic carbocycles. The molecule has 0 N–H and O–H groups in total. The van der Waals surface area contributed by atoms with Gasteiger partial charge in [0.2, 0.25) is 5.91 Å². The summed E-state index contributed by atoms with van der Waals surface area (Å²) < 4.78 is 5.18. The average molecular weight is 247 g/mol. The first-order valence-corrected chi connectivity index (χ1v) is 6.70. The first-order valence-electron chi connectivity index (χ1n) is 6.70. The molecule has 2 rings (SSSR count). The molecule has 1 fully saturated rings. The third-order valence-corrected chi connectivity index (χ3v) is 3.45. The molecule has 18 heavy (non-hydrogen) atoms. The normalized spacial score (nSPS) is 16.2. The minimum Gasteiger partial charge on any atom is -0.497 e. The fraction of sp³-hybridized carbons (Fsp3) is 0.533. The number of benzene rings is 1. The van der Waals surface area contributed by atoms with Crippen molar-refractivity contribution in [1.29, 1.82) is 0 Å². The van der Waals surface area contributed by atoms with Crippen LogP contribution < -0.4 is 4.74 Å². The van der Waals surface area contributed by atoms with Crippen LogP contribution in [0, 0.1) is 0 Å². The molecule has 1 saturated heterocycles. The molecule has 98 valence electrons. The van der Waals surface area contributed by atoms with Gasteiger partial charge in [-0.25, -0.2) is 0 Å². The van der Waals surface area contributed by atoms with E-state index >= 15 is 0 Å². The van der Waals surface area contributed by atoms with Gasteiger partial charge in [0.25, 0.3) is 0 Å². The summed E-state index contributed by atoms with van der Waals surface area (Å²) in [5, 5.41) is 0. The topological polar surface area (TPSA) is 29.5 Å². The van der Waals surface area contributed by atoms with Gasteiger partial charge in [-0.3, -0.25) is 4.79 Å². The molecule has 0 spiro atoms. The number of hydrogen-bond donors (Lipinski definition) is 0. The Kier molecular flexibility index (Phi) is 4.62. The van der Waals surface area contributed by atoms with Gasteiger partial charge in [-0.05, 0) is 30.5 Å². The number of likely N-dealkylation sites (tertiary alicyclic amines) is 1. The SMILES string of the molecule is COc1cccc(CC(=O)N2CCCCCC2)c1. The van der Waals surface area contributed by atoms with E-state index in [-0.39, 0.29) is 5.91 Å². The van der Waals surface area contributed by atoms with Crippen molar-refractivity contribution in [2.45, 2.75) is 32.1 Å². The lowest BCUT2D eigenvalue weighted by Gasteiger charge is -2.20. The van der Waals surface area contributed by atoms with E-state index in [2.05, 4.69) is 0 Å². The maximum atomic E-state index is 12.2. The highest BCUT2D eigenvalue weighted by molar-refractivity contribution is 5.78. The lowest BCUT2D eigenvalue weighted by atomic mass is 10.1. The Morgan fingerprint density at radius 3 is 2.61 bits per heavy atom. The highest BCUT2D eigenvalue weighted by Gasteiger charge is 2.15. The highest BCUT2D eigenvalue weighted by atomic mass is 16.5. The van der Waals surface area contributed by atoms with Crippen LogP contribution in [0.4, 0.5) is 0 Å². The van der Waals surface area contributed by atoms with Crippen molar-refractivity contribution in [3.8, 4) is 5.75 Å². The fourth-order valence-corrected chi connectivity index (χ4v) is 2.39. The summed E-state index contributed by atoms with van der Waals surface area (Å²) in [4.78, 5) is 14.2. The van der Waals surface area contributed by atoms with Crippen molar-refractivity contribution in [3.05, 3.63) is 29.8 Å². The second kappa shape index (κ2) is 6.43. The zero-order valence-corrected chi connectivity index (χ0v) is 11.0. The van der Waals surface area contributed by atoms with Gasteiger partial charge in [0.05, 0.1) is 13.5 Å². The first kappa shape index (κ1) is 12.9. The van der Waals surface area contributed by atoms with E-state index in [9.17, 15) is 4.79 Å². The summed E-state index contributed by atoms with van der Waals surface area (Å²) in [6.45, 7) is 1.84. The fourth-order valence-electron chi connectivity index (χ4n) is 2.39. The summed E-state index contributed by atoms with van der Waals surface area (Å²) in [5.41, 5.74) is 1.03. The molecule has 1 aliphatic heterocycles. The predicted molar refractivity (Wildman–Crippen MR) is 71.7 cm³/mol. The highest BCUT2D eigenvalue weighted by Crippen LogP contribution is 2.15. The van der Waals surface area contributed by atoms with E-state index in [1.54, 1.807) is 7.11 Å². The molecule has 0 unspecified atom stereocenters. The molecule has 0 radical (unpaired) electrons. The molecule has 1 aromatic rings. The number of carbonyl (C=O) groups is 1. The Morgan fingerprint density at radius 1 is 1.22 bits per heavy atom. The van der Waals surface area contributed by atoms with Crippen LogP contribution in [0.1, 0.15) is 31.2 Å². The van der Waals surface area contributed by atoms with Crippen molar-refractivity contribution in [2.75, 3.05) is 20.2 Å². The number of amides is 1. The average Bonchev–Trinajstić information content (AvgIpc) is 2.68. The summed E-state index contributed by atoms with van der Waals surface area (Å²) in [6.07, 6.45) is 5.27. The van der Waals surface area contributed by atoms with E-state index in [1.165, 1.54) is 12.8 Å². The maximum Gasteiger partial charge on any atom is 0.226 e. The molecule has 0 atom stereocenters. The number of nitrogens with zero attached hydrogens (tertiary/aromatic N) is 1. The molecule has 0 saturated carbocycles. The number of hydrogen-bond acceptors (Lipinski definition) is 2. The Morgan fingerprint density at radius 2 is 1.94 bits per heavy atom. The molecule has 0 aliphatic carbocycles. The number of rotatable bonds is 3. The van der Waals surface area contributed by atoms with Gasteiger partial charge in [0.1, 0.15) is 5.75 Å². The summed E-state index contributed by atoms with van der Waals surface area (Å²) in [7, 11) is 1.65. The van der Waals surface area contributed by atoms with Crippen LogP contribution in [0.25, 0.3) is 0 Å². The van der Waals surface area contributed by atoms with Gasteiger partial charge in [0.15, 0.2) is 0 Å². The number of methoxy groups -OCH3 is 1. The van der Waals surface area contributed by atoms with Crippen molar-refractivity contribution < 1.29 is 9.53 Å². The first-order chi connectivity index (χ1) is 8.79. The van der Waals surface area contributed by atoms with Crippen molar-refractivity contribution in [1.82, 2.24) is 4.90 Å². The predicted octanol–water partition coefficient (Wildman–Crippen LogP) is 2.64. The minimum absolute atomic E-state index is 0.241. The number of ether oxygens (including phenoxy) is 1. The summed E-state index contributed by atoms with van der Waals surface area (Å²) in [5.74, 6) is 1.06. The molecule has 0 aromatic heterocycles. The maximum absolute atomic E-state index is 12.2. The Balaban J connectivity index is 1.96. The Hall–Kier alpha value is -1.51. The van der Waals surface area contributed by atoms with Gasteiger partial charge in [-0.15, -0.1) is 0 Å². The van der Waals surface area contributed by atoms with Crippen LogP contribution in [0.3, 0.4) is 0 Å². The van der Waals surface area contributed by atoms with Gasteiger partial charge in [-0.1, -0.05) is 25.0 Å². The standard InChI is InChI=1S/C15H21NO2/c1-18-14-8-6-7-13(11-14)12-15(17)16-9-4-2-3-5-10-16/h6-8,11H,2-5,9-10,12H2,1H3. The Labute approximate surface area is 109 Å². The van der Waals surface area contributed by atoms with Crippen LogP contribution in [0.15, 0.2) is 24.3 Å². The molecule has 1 amide bonds. The lowest BCUT2D eigenvalue weighted by molar-refractivity contribution is -0.130. The molecule has 1 heterocycles. The number of carbonyl (C=O) groups excluding carboxylic acids is 1. The van der Waals surface area contributed by atoms with Crippen LogP contribution in [0.2, 0.25) is 0 Å². The van der Waals surface area contributed by atoms with Crippen LogP contribution >= 0.6 is 0 Å². The van der Waals surface area contributed by atoms with Crippen molar-refractivity contribution in [2.24, 2.45) is 0 Å². The third kappa shape index (κ3) is 3.49. The second-order valence-corrected chi connectivity index (χ2v) is 4.82. The molecular weight excluding hydrogens is 226 g/mol. The largest absolute Gasteiger partial charge is 0.497 e. The third-order valence-electron chi connectivity index (χ3n) is 3.45. The molecule has 0 bridgehead atoms. The van der Waals surface area contributed by atoms with Crippen molar-refractivity contribution >= 4 is 5.91 Å². The molecule has 1 aliphatic rings.